The lowest BCUT2D eigenvalue weighted by molar-refractivity contribution is 0.0247. The quantitative estimate of drug-likeness (QED) is 0.248. The number of hydrogen-bond acceptors (Lipinski definition) is 8. The lowest BCUT2D eigenvalue weighted by Gasteiger charge is -2.50. The van der Waals surface area contributed by atoms with E-state index >= 15 is 0 Å². The van der Waals surface area contributed by atoms with Crippen LogP contribution in [0.5, 0.6) is 5.75 Å². The van der Waals surface area contributed by atoms with E-state index in [-0.39, 0.29) is 4.90 Å². The maximum atomic E-state index is 13.0. The number of ether oxygens (including phenoxy) is 1. The summed E-state index contributed by atoms with van der Waals surface area (Å²) in [5, 5.41) is 18.0. The van der Waals surface area contributed by atoms with Gasteiger partial charge in [0.05, 0.1) is 17.7 Å². The highest BCUT2D eigenvalue weighted by Crippen LogP contribution is 2.51. The van der Waals surface area contributed by atoms with Crippen LogP contribution in [0.2, 0.25) is 0 Å². The van der Waals surface area contributed by atoms with E-state index in [1.165, 1.54) is 12.8 Å². The summed E-state index contributed by atoms with van der Waals surface area (Å²) >= 11 is 0. The van der Waals surface area contributed by atoms with Gasteiger partial charge in [0, 0.05) is 35.8 Å². The van der Waals surface area contributed by atoms with E-state index < -0.39 is 10.0 Å². The number of sulfonamides is 1. The number of nitrogens with zero attached hydrogens (tertiary/aromatic N) is 4. The number of anilines is 2. The average Bonchev–Trinajstić information content (AvgIpc) is 3.58. The van der Waals surface area contributed by atoms with Crippen LogP contribution in [0, 0.1) is 18.3 Å². The first-order valence-corrected chi connectivity index (χ1v) is 14.9. The number of hydrogen-bond donors (Lipinski definition) is 4. The number of aromatic nitrogens is 5. The smallest absolute Gasteiger partial charge is 0.247 e. The minimum Gasteiger partial charge on any atom is -0.489 e. The normalized spacial score (nSPS) is 17.4. The topological polar surface area (TPSA) is 138 Å². The highest BCUT2D eigenvalue weighted by molar-refractivity contribution is 7.89. The summed E-state index contributed by atoms with van der Waals surface area (Å²) in [7, 11) is -3.59. The molecule has 11 nitrogen and oxygen atoms in total. The number of rotatable bonds is 9. The molecule has 206 valence electrons. The number of piperidine rings is 1. The Balaban J connectivity index is 1.15. The molecule has 4 heterocycles. The molecule has 2 fully saturated rings. The van der Waals surface area contributed by atoms with Crippen molar-refractivity contribution in [1.29, 1.82) is 0 Å². The van der Waals surface area contributed by atoms with E-state index in [0.717, 1.165) is 48.3 Å². The third-order valence-corrected chi connectivity index (χ3v) is 9.40. The van der Waals surface area contributed by atoms with Gasteiger partial charge in [0.25, 0.3) is 0 Å². The molecule has 12 heteroatoms. The van der Waals surface area contributed by atoms with Gasteiger partial charge in [-0.1, -0.05) is 0 Å². The summed E-state index contributed by atoms with van der Waals surface area (Å²) in [6.45, 7) is 6.90. The summed E-state index contributed by atoms with van der Waals surface area (Å²) in [5.41, 5.74) is 4.26. The molecule has 6 rings (SSSR count). The van der Waals surface area contributed by atoms with Crippen molar-refractivity contribution >= 4 is 27.3 Å². The van der Waals surface area contributed by atoms with Crippen molar-refractivity contribution < 1.29 is 13.2 Å². The number of benzene rings is 1. The lowest BCUT2D eigenvalue weighted by atomic mass is 9.58. The number of aryl methyl sites for hydroxylation is 1. The van der Waals surface area contributed by atoms with Crippen molar-refractivity contribution in [3.8, 4) is 16.9 Å². The Bertz CT molecular complexity index is 1570. The van der Waals surface area contributed by atoms with Gasteiger partial charge in [-0.25, -0.2) is 17.7 Å². The molecule has 1 aliphatic carbocycles. The Morgan fingerprint density at radius 3 is 2.74 bits per heavy atom. The van der Waals surface area contributed by atoms with Crippen molar-refractivity contribution in [2.24, 2.45) is 11.3 Å². The Kier molecular flexibility index (Phi) is 6.77. The molecule has 2 aliphatic rings. The molecule has 4 aromatic rings. The maximum Gasteiger partial charge on any atom is 0.247 e. The largest absolute Gasteiger partial charge is 0.489 e. The predicted octanol–water partition coefficient (Wildman–Crippen LogP) is 3.63. The first-order valence-electron chi connectivity index (χ1n) is 13.5. The van der Waals surface area contributed by atoms with Gasteiger partial charge in [0.15, 0.2) is 11.4 Å². The van der Waals surface area contributed by atoms with Gasteiger partial charge < -0.3 is 15.4 Å². The fraction of sp³-hybridized carbons (Fsp3) is 0.444. The number of aromatic amines is 1. The first kappa shape index (κ1) is 25.8. The Morgan fingerprint density at radius 2 is 2.03 bits per heavy atom. The van der Waals surface area contributed by atoms with E-state index in [1.54, 1.807) is 35.1 Å². The molecule has 0 radical (unpaired) electrons. The zero-order valence-corrected chi connectivity index (χ0v) is 23.0. The van der Waals surface area contributed by atoms with Gasteiger partial charge >= 0.3 is 0 Å². The minimum atomic E-state index is -3.59. The molecule has 1 saturated heterocycles. The zero-order chi connectivity index (χ0) is 27.0. The van der Waals surface area contributed by atoms with Crippen molar-refractivity contribution in [3.63, 3.8) is 0 Å². The standard InChI is InChI=1S/C27H34N8O3S/c1-3-38-24-22(20-16-29-30-17-20)6-11-35-25(24)33-26(34-35)32-23-5-4-21(12-18(23)2)39(36,37)31-15-19-13-27(14-19)7-9-28-10-8-27/h4-6,11-12,16-17,19,28,31H,3,7-10,13-15H2,1-2H3,(H,29,30)(H,32,34). The summed E-state index contributed by atoms with van der Waals surface area (Å²) in [5.74, 6) is 1.41. The Labute approximate surface area is 227 Å². The first-order chi connectivity index (χ1) is 18.9. The van der Waals surface area contributed by atoms with Crippen molar-refractivity contribution in [2.45, 2.75) is 44.4 Å². The molecule has 39 heavy (non-hydrogen) atoms. The van der Waals surface area contributed by atoms with E-state index in [2.05, 4.69) is 35.6 Å². The van der Waals surface area contributed by atoms with E-state index in [4.69, 9.17) is 4.74 Å². The van der Waals surface area contributed by atoms with Gasteiger partial charge in [-0.2, -0.15) is 10.1 Å². The molecular weight excluding hydrogens is 516 g/mol. The fourth-order valence-electron chi connectivity index (χ4n) is 5.94. The van der Waals surface area contributed by atoms with Gasteiger partial charge in [-0.15, -0.1) is 5.10 Å². The van der Waals surface area contributed by atoms with Crippen LogP contribution in [-0.2, 0) is 10.0 Å². The number of fused-ring (bicyclic) bond motifs is 1. The minimum absolute atomic E-state index is 0.257. The summed E-state index contributed by atoms with van der Waals surface area (Å²) in [6, 6.07) is 6.96. The van der Waals surface area contributed by atoms with Crippen LogP contribution in [0.25, 0.3) is 16.8 Å². The molecule has 0 amide bonds. The molecule has 4 N–H and O–H groups in total. The van der Waals surface area contributed by atoms with E-state index in [1.807, 2.05) is 26.1 Å². The molecule has 3 aromatic heterocycles. The Morgan fingerprint density at radius 1 is 1.21 bits per heavy atom. The molecule has 0 bridgehead atoms. The predicted molar refractivity (Wildman–Crippen MR) is 149 cm³/mol. The molecule has 1 aliphatic heterocycles. The fourth-order valence-corrected chi connectivity index (χ4v) is 7.14. The number of pyridine rings is 1. The van der Waals surface area contributed by atoms with E-state index in [0.29, 0.717) is 41.8 Å². The Hall–Kier alpha value is -3.48. The third kappa shape index (κ3) is 5.11. The lowest BCUT2D eigenvalue weighted by Crippen LogP contribution is -2.48. The second-order valence-corrected chi connectivity index (χ2v) is 12.4. The molecule has 1 spiro atoms. The highest BCUT2D eigenvalue weighted by Gasteiger charge is 2.44. The van der Waals surface area contributed by atoms with Gasteiger partial charge in [-0.3, -0.25) is 5.10 Å². The second kappa shape index (κ2) is 10.2. The molecule has 0 unspecified atom stereocenters. The average molecular weight is 551 g/mol. The summed E-state index contributed by atoms with van der Waals surface area (Å²) < 4.78 is 36.5. The maximum absolute atomic E-state index is 13.0. The van der Waals surface area contributed by atoms with Crippen molar-refractivity contribution in [3.05, 3.63) is 48.4 Å². The van der Waals surface area contributed by atoms with Crippen LogP contribution in [0.1, 0.15) is 38.2 Å². The summed E-state index contributed by atoms with van der Waals surface area (Å²) in [6.07, 6.45) is 9.97. The van der Waals surface area contributed by atoms with Gasteiger partial charge in [0.1, 0.15) is 0 Å². The van der Waals surface area contributed by atoms with Gasteiger partial charge in [-0.05, 0) is 93.8 Å². The van der Waals surface area contributed by atoms with Crippen LogP contribution in [0.15, 0.2) is 47.8 Å². The van der Waals surface area contributed by atoms with Crippen LogP contribution in [-0.4, -0.2) is 59.5 Å². The van der Waals surface area contributed by atoms with E-state index in [9.17, 15) is 8.42 Å². The SMILES string of the molecule is CCOc1c(-c2cn[nH]c2)ccn2nc(Nc3ccc(S(=O)(=O)NCC4CC5(CCNCC5)C4)cc3C)nc12. The monoisotopic (exact) mass is 550 g/mol. The third-order valence-electron chi connectivity index (χ3n) is 7.98. The summed E-state index contributed by atoms with van der Waals surface area (Å²) in [4.78, 5) is 4.92. The van der Waals surface area contributed by atoms with Crippen LogP contribution < -0.4 is 20.1 Å². The molecule has 1 aromatic carbocycles. The van der Waals surface area contributed by atoms with Gasteiger partial charge in [0.2, 0.25) is 16.0 Å². The molecular formula is C27H34N8O3S. The van der Waals surface area contributed by atoms with Crippen LogP contribution >= 0.6 is 0 Å². The van der Waals surface area contributed by atoms with Crippen molar-refractivity contribution in [1.82, 2.24) is 34.8 Å². The highest BCUT2D eigenvalue weighted by atomic mass is 32.2. The van der Waals surface area contributed by atoms with Crippen LogP contribution in [0.3, 0.4) is 0 Å². The molecule has 0 atom stereocenters. The van der Waals surface area contributed by atoms with Crippen LogP contribution in [0.4, 0.5) is 11.6 Å². The zero-order valence-electron chi connectivity index (χ0n) is 22.2. The van der Waals surface area contributed by atoms with Crippen molar-refractivity contribution in [2.75, 3.05) is 31.6 Å². The molecule has 1 saturated carbocycles. The second-order valence-electron chi connectivity index (χ2n) is 10.7. The number of nitrogens with one attached hydrogen (secondary N) is 4. The number of H-pyrrole nitrogens is 1.